The largest absolute Gasteiger partial charge is 0.394 e. The average molecular weight is 402 g/mol. The Morgan fingerprint density at radius 3 is 1.61 bits per heavy atom. The van der Waals surface area contributed by atoms with E-state index in [9.17, 15) is 5.11 Å². The molecule has 1 unspecified atom stereocenters. The molecule has 0 aromatic rings. The summed E-state index contributed by atoms with van der Waals surface area (Å²) in [7, 11) is 0. The van der Waals surface area contributed by atoms with E-state index in [0.717, 1.165) is 13.0 Å². The first-order valence-electron chi connectivity index (χ1n) is 12.1. The Hall–Kier alpha value is -0.160. The number of β-amino-alcohol motifs (C(OH)–C–C–N with tert-alkyl or cyclic N) is 1. The van der Waals surface area contributed by atoms with Crippen LogP contribution in [0.5, 0.6) is 0 Å². The van der Waals surface area contributed by atoms with Gasteiger partial charge in [-0.1, -0.05) is 96.8 Å². The van der Waals surface area contributed by atoms with Gasteiger partial charge in [0.2, 0.25) is 0 Å². The first kappa shape index (κ1) is 27.8. The van der Waals surface area contributed by atoms with Crippen LogP contribution in [0.1, 0.15) is 117 Å². The van der Waals surface area contributed by atoms with Crippen molar-refractivity contribution in [3.8, 4) is 0 Å². The highest BCUT2D eigenvalue weighted by atomic mass is 16.5. The molecule has 1 atom stereocenters. The molecule has 0 saturated carbocycles. The zero-order valence-electron chi connectivity index (χ0n) is 19.3. The molecule has 0 fully saturated rings. The molecular formula is C24H51NO3. The van der Waals surface area contributed by atoms with Gasteiger partial charge in [0.05, 0.1) is 19.3 Å². The Labute approximate surface area is 175 Å². The lowest BCUT2D eigenvalue weighted by atomic mass is 10.0. The van der Waals surface area contributed by atoms with Gasteiger partial charge >= 0.3 is 0 Å². The highest BCUT2D eigenvalue weighted by Gasteiger charge is 2.16. The van der Waals surface area contributed by atoms with E-state index < -0.39 is 6.10 Å². The van der Waals surface area contributed by atoms with Gasteiger partial charge in [-0.3, -0.25) is 0 Å². The van der Waals surface area contributed by atoms with Gasteiger partial charge in [0, 0.05) is 18.7 Å². The molecule has 4 heteroatoms. The molecule has 0 aliphatic carbocycles. The molecule has 0 aliphatic heterocycles. The summed E-state index contributed by atoms with van der Waals surface area (Å²) in [6.45, 7) is 7.71. The average Bonchev–Trinajstić information content (AvgIpc) is 2.69. The van der Waals surface area contributed by atoms with Crippen molar-refractivity contribution in [2.75, 3.05) is 26.4 Å². The van der Waals surface area contributed by atoms with E-state index in [0.29, 0.717) is 13.2 Å². The Bertz CT molecular complexity index is 310. The number of aliphatic hydroxyl groups excluding tert-OH is 2. The number of unbranched alkanes of at least 4 members (excludes halogenated alkanes) is 14. The zero-order chi connectivity index (χ0) is 20.9. The Kier molecular flexibility index (Phi) is 20.0. The van der Waals surface area contributed by atoms with Crippen molar-refractivity contribution in [1.82, 2.24) is 5.32 Å². The third-order valence-electron chi connectivity index (χ3n) is 5.41. The number of rotatable bonds is 22. The first-order valence-corrected chi connectivity index (χ1v) is 12.1. The summed E-state index contributed by atoms with van der Waals surface area (Å²) >= 11 is 0. The van der Waals surface area contributed by atoms with E-state index in [2.05, 4.69) is 12.2 Å². The Morgan fingerprint density at radius 2 is 1.18 bits per heavy atom. The van der Waals surface area contributed by atoms with E-state index in [1.807, 2.05) is 13.8 Å². The summed E-state index contributed by atoms with van der Waals surface area (Å²) in [5, 5.41) is 22.2. The van der Waals surface area contributed by atoms with Crippen LogP contribution in [0.2, 0.25) is 0 Å². The predicted octanol–water partition coefficient (Wildman–Crippen LogP) is 5.60. The van der Waals surface area contributed by atoms with Crippen LogP contribution in [0.4, 0.5) is 0 Å². The molecule has 0 saturated heterocycles. The molecule has 170 valence electrons. The maximum atomic E-state index is 9.86. The van der Waals surface area contributed by atoms with Gasteiger partial charge in [-0.2, -0.15) is 0 Å². The lowest BCUT2D eigenvalue weighted by molar-refractivity contribution is 0.0298. The first-order chi connectivity index (χ1) is 13.5. The molecule has 0 bridgehead atoms. The number of hydrogen-bond donors (Lipinski definition) is 3. The SMILES string of the molecule is CCCCCCCCCCCCCCCCCOCC(O)CNC(C)(C)CO. The second-order valence-corrected chi connectivity index (χ2v) is 9.10. The van der Waals surface area contributed by atoms with Gasteiger partial charge in [-0.15, -0.1) is 0 Å². The lowest BCUT2D eigenvalue weighted by Crippen LogP contribution is -2.46. The van der Waals surface area contributed by atoms with Crippen LogP contribution in [0.25, 0.3) is 0 Å². The summed E-state index contributed by atoms with van der Waals surface area (Å²) in [6.07, 6.45) is 20.0. The number of aliphatic hydroxyl groups is 2. The third-order valence-corrected chi connectivity index (χ3v) is 5.41. The molecule has 0 aliphatic rings. The van der Waals surface area contributed by atoms with E-state index in [4.69, 9.17) is 9.84 Å². The van der Waals surface area contributed by atoms with Crippen molar-refractivity contribution in [3.05, 3.63) is 0 Å². The van der Waals surface area contributed by atoms with Gasteiger partial charge in [0.1, 0.15) is 0 Å². The van der Waals surface area contributed by atoms with Crippen LogP contribution in [0.15, 0.2) is 0 Å². The molecule has 0 heterocycles. The van der Waals surface area contributed by atoms with Crippen molar-refractivity contribution in [2.45, 2.75) is 129 Å². The number of ether oxygens (including phenoxy) is 1. The van der Waals surface area contributed by atoms with E-state index in [1.165, 1.54) is 89.9 Å². The van der Waals surface area contributed by atoms with Crippen LogP contribution in [0.3, 0.4) is 0 Å². The molecule has 0 aromatic carbocycles. The molecule has 0 rings (SSSR count). The fourth-order valence-electron chi connectivity index (χ4n) is 3.30. The van der Waals surface area contributed by atoms with Gasteiger partial charge < -0.3 is 20.3 Å². The topological polar surface area (TPSA) is 61.7 Å². The summed E-state index contributed by atoms with van der Waals surface area (Å²) < 4.78 is 5.56. The Balaban J connectivity index is 3.17. The number of nitrogens with one attached hydrogen (secondary N) is 1. The maximum absolute atomic E-state index is 9.86. The van der Waals surface area contributed by atoms with Crippen LogP contribution < -0.4 is 5.32 Å². The van der Waals surface area contributed by atoms with Crippen molar-refractivity contribution in [1.29, 1.82) is 0 Å². The summed E-state index contributed by atoms with van der Waals surface area (Å²) in [4.78, 5) is 0. The molecular weight excluding hydrogens is 350 g/mol. The molecule has 0 spiro atoms. The van der Waals surface area contributed by atoms with Gasteiger partial charge in [0.25, 0.3) is 0 Å². The van der Waals surface area contributed by atoms with Gasteiger partial charge in [0.15, 0.2) is 0 Å². The molecule has 3 N–H and O–H groups in total. The van der Waals surface area contributed by atoms with Crippen molar-refractivity contribution in [2.24, 2.45) is 0 Å². The zero-order valence-corrected chi connectivity index (χ0v) is 19.3. The Morgan fingerprint density at radius 1 is 0.750 bits per heavy atom. The lowest BCUT2D eigenvalue weighted by Gasteiger charge is -2.25. The van der Waals surface area contributed by atoms with Crippen LogP contribution in [-0.4, -0.2) is 48.2 Å². The van der Waals surface area contributed by atoms with Crippen molar-refractivity contribution in [3.63, 3.8) is 0 Å². The highest BCUT2D eigenvalue weighted by molar-refractivity contribution is 4.77. The fraction of sp³-hybridized carbons (Fsp3) is 1.00. The fourth-order valence-corrected chi connectivity index (χ4v) is 3.30. The second kappa shape index (κ2) is 20.1. The molecule has 28 heavy (non-hydrogen) atoms. The summed E-state index contributed by atoms with van der Waals surface area (Å²) in [6, 6.07) is 0. The van der Waals surface area contributed by atoms with Crippen LogP contribution >= 0.6 is 0 Å². The molecule has 4 nitrogen and oxygen atoms in total. The molecule has 0 amide bonds. The highest BCUT2D eigenvalue weighted by Crippen LogP contribution is 2.13. The third kappa shape index (κ3) is 20.6. The monoisotopic (exact) mass is 401 g/mol. The summed E-state index contributed by atoms with van der Waals surface area (Å²) in [5.74, 6) is 0. The minimum Gasteiger partial charge on any atom is -0.394 e. The standard InChI is InChI=1S/C24H51NO3/c1-4-5-6-7-8-9-10-11-12-13-14-15-16-17-18-19-28-21-23(27)20-25-24(2,3)22-26/h23,25-27H,4-22H2,1-3H3. The quantitative estimate of drug-likeness (QED) is 0.207. The smallest absolute Gasteiger partial charge is 0.0897 e. The normalized spacial score (nSPS) is 13.2. The van der Waals surface area contributed by atoms with Crippen molar-refractivity contribution >= 4 is 0 Å². The van der Waals surface area contributed by atoms with E-state index >= 15 is 0 Å². The van der Waals surface area contributed by atoms with E-state index in [-0.39, 0.29) is 12.1 Å². The van der Waals surface area contributed by atoms with Crippen molar-refractivity contribution < 1.29 is 14.9 Å². The van der Waals surface area contributed by atoms with Gasteiger partial charge in [-0.05, 0) is 20.3 Å². The molecule has 0 radical (unpaired) electrons. The summed E-state index contributed by atoms with van der Waals surface area (Å²) in [5.41, 5.74) is -0.352. The minimum atomic E-state index is -0.512. The minimum absolute atomic E-state index is 0.0553. The molecule has 0 aromatic heterocycles. The second-order valence-electron chi connectivity index (χ2n) is 9.10. The number of hydrogen-bond acceptors (Lipinski definition) is 4. The maximum Gasteiger partial charge on any atom is 0.0897 e. The predicted molar refractivity (Wildman–Crippen MR) is 121 cm³/mol. The van der Waals surface area contributed by atoms with Crippen LogP contribution in [0, 0.1) is 0 Å². The van der Waals surface area contributed by atoms with E-state index in [1.54, 1.807) is 0 Å². The van der Waals surface area contributed by atoms with Gasteiger partial charge in [-0.25, -0.2) is 0 Å². The van der Waals surface area contributed by atoms with Crippen LogP contribution in [-0.2, 0) is 4.74 Å².